The van der Waals surface area contributed by atoms with Crippen molar-refractivity contribution in [1.29, 1.82) is 0 Å². The fourth-order valence-corrected chi connectivity index (χ4v) is 3.08. The van der Waals surface area contributed by atoms with Crippen molar-refractivity contribution in [2.45, 2.75) is 26.2 Å². The molecule has 0 aromatic rings. The molecule has 2 heterocycles. The van der Waals surface area contributed by atoms with Crippen LogP contribution in [0.25, 0.3) is 0 Å². The third-order valence-corrected chi connectivity index (χ3v) is 4.45. The van der Waals surface area contributed by atoms with Crippen LogP contribution in [0.2, 0.25) is 0 Å². The number of nitrogens with one attached hydrogen (secondary N) is 1. The second-order valence-corrected chi connectivity index (χ2v) is 5.71. The van der Waals surface area contributed by atoms with Crippen LogP contribution in [0.4, 0.5) is 0 Å². The van der Waals surface area contributed by atoms with Gasteiger partial charge in [-0.15, -0.1) is 0 Å². The molecule has 0 aromatic carbocycles. The van der Waals surface area contributed by atoms with Crippen LogP contribution < -0.4 is 5.32 Å². The average Bonchev–Trinajstić information content (AvgIpc) is 2.66. The van der Waals surface area contributed by atoms with Crippen molar-refractivity contribution in [2.75, 3.05) is 52.9 Å². The minimum Gasteiger partial charge on any atom is -0.316 e. The molecule has 1 N–H and O–H groups in total. The Morgan fingerprint density at radius 3 is 2.75 bits per heavy atom. The van der Waals surface area contributed by atoms with Crippen molar-refractivity contribution in [3.8, 4) is 0 Å². The van der Waals surface area contributed by atoms with Crippen molar-refractivity contribution in [2.24, 2.45) is 5.41 Å². The summed E-state index contributed by atoms with van der Waals surface area (Å²) < 4.78 is 0. The topological polar surface area (TPSA) is 18.5 Å². The maximum atomic E-state index is 3.54. The number of rotatable bonds is 3. The van der Waals surface area contributed by atoms with Gasteiger partial charge in [0, 0.05) is 26.2 Å². The zero-order valence-corrected chi connectivity index (χ0v) is 11.0. The van der Waals surface area contributed by atoms with Crippen LogP contribution in [0.15, 0.2) is 0 Å². The van der Waals surface area contributed by atoms with Gasteiger partial charge in [0.05, 0.1) is 0 Å². The highest BCUT2D eigenvalue weighted by Crippen LogP contribution is 2.30. The van der Waals surface area contributed by atoms with Crippen LogP contribution in [0.1, 0.15) is 26.2 Å². The lowest BCUT2D eigenvalue weighted by atomic mass is 9.83. The van der Waals surface area contributed by atoms with E-state index >= 15 is 0 Å². The van der Waals surface area contributed by atoms with Gasteiger partial charge in [-0.3, -0.25) is 0 Å². The lowest BCUT2D eigenvalue weighted by Gasteiger charge is -2.33. The fourth-order valence-electron chi connectivity index (χ4n) is 3.08. The van der Waals surface area contributed by atoms with Crippen molar-refractivity contribution in [3.05, 3.63) is 0 Å². The van der Waals surface area contributed by atoms with E-state index in [1.807, 2.05) is 0 Å². The second kappa shape index (κ2) is 5.48. The van der Waals surface area contributed by atoms with Crippen LogP contribution in [0.3, 0.4) is 0 Å². The zero-order chi connectivity index (χ0) is 11.4. The maximum absolute atomic E-state index is 3.54. The number of nitrogens with zero attached hydrogens (tertiary/aromatic N) is 2. The SMILES string of the molecule is CCC1(CN2CCCN(C)CC2)CCNC1. The first-order valence-corrected chi connectivity index (χ1v) is 6.86. The van der Waals surface area contributed by atoms with E-state index in [0.29, 0.717) is 5.41 Å². The third kappa shape index (κ3) is 2.96. The van der Waals surface area contributed by atoms with Gasteiger partial charge in [-0.2, -0.15) is 0 Å². The molecule has 0 saturated carbocycles. The summed E-state index contributed by atoms with van der Waals surface area (Å²) in [7, 11) is 2.25. The van der Waals surface area contributed by atoms with Gasteiger partial charge >= 0.3 is 0 Å². The first kappa shape index (κ1) is 12.3. The van der Waals surface area contributed by atoms with Gasteiger partial charge in [0.25, 0.3) is 0 Å². The highest BCUT2D eigenvalue weighted by atomic mass is 15.2. The molecule has 0 aromatic heterocycles. The highest BCUT2D eigenvalue weighted by molar-refractivity contribution is 4.90. The van der Waals surface area contributed by atoms with Crippen LogP contribution in [-0.4, -0.2) is 62.7 Å². The van der Waals surface area contributed by atoms with Crippen molar-refractivity contribution in [1.82, 2.24) is 15.1 Å². The van der Waals surface area contributed by atoms with E-state index in [4.69, 9.17) is 0 Å². The van der Waals surface area contributed by atoms with E-state index < -0.39 is 0 Å². The van der Waals surface area contributed by atoms with Crippen LogP contribution in [-0.2, 0) is 0 Å². The molecule has 0 radical (unpaired) electrons. The molecule has 3 nitrogen and oxygen atoms in total. The molecule has 3 heteroatoms. The molecular weight excluding hydrogens is 198 g/mol. The molecule has 0 spiro atoms. The smallest absolute Gasteiger partial charge is 0.0109 e. The lowest BCUT2D eigenvalue weighted by Crippen LogP contribution is -2.40. The number of likely N-dealkylation sites (N-methyl/N-ethyl adjacent to an activating group) is 1. The molecule has 1 atom stereocenters. The molecule has 1 unspecified atom stereocenters. The van der Waals surface area contributed by atoms with Gasteiger partial charge in [0.15, 0.2) is 0 Å². The van der Waals surface area contributed by atoms with E-state index in [1.54, 1.807) is 0 Å². The third-order valence-electron chi connectivity index (χ3n) is 4.45. The Bertz CT molecular complexity index is 211. The molecule has 2 saturated heterocycles. The standard InChI is InChI=1S/C13H27N3/c1-3-13(5-6-14-11-13)12-16-8-4-7-15(2)9-10-16/h14H,3-12H2,1-2H3. The van der Waals surface area contributed by atoms with Gasteiger partial charge in [0.1, 0.15) is 0 Å². The van der Waals surface area contributed by atoms with Gasteiger partial charge in [-0.25, -0.2) is 0 Å². The van der Waals surface area contributed by atoms with Gasteiger partial charge < -0.3 is 15.1 Å². The lowest BCUT2D eigenvalue weighted by molar-refractivity contribution is 0.162. The van der Waals surface area contributed by atoms with Crippen LogP contribution in [0, 0.1) is 5.41 Å². The zero-order valence-electron chi connectivity index (χ0n) is 11.0. The molecule has 2 rings (SSSR count). The molecule has 0 bridgehead atoms. The molecule has 2 aliphatic rings. The average molecular weight is 225 g/mol. The van der Waals surface area contributed by atoms with Crippen LogP contribution >= 0.6 is 0 Å². The summed E-state index contributed by atoms with van der Waals surface area (Å²) in [4.78, 5) is 5.16. The largest absolute Gasteiger partial charge is 0.316 e. The summed E-state index contributed by atoms with van der Waals surface area (Å²) in [5.74, 6) is 0. The Morgan fingerprint density at radius 1 is 1.19 bits per heavy atom. The quantitative estimate of drug-likeness (QED) is 0.773. The fraction of sp³-hybridized carbons (Fsp3) is 1.00. The first-order chi connectivity index (χ1) is 7.74. The molecule has 2 aliphatic heterocycles. The van der Waals surface area contributed by atoms with E-state index in [0.717, 1.165) is 0 Å². The van der Waals surface area contributed by atoms with Crippen molar-refractivity contribution < 1.29 is 0 Å². The first-order valence-electron chi connectivity index (χ1n) is 6.86. The molecule has 0 aliphatic carbocycles. The minimum atomic E-state index is 0.572. The highest BCUT2D eigenvalue weighted by Gasteiger charge is 2.33. The predicted octanol–water partition coefficient (Wildman–Crippen LogP) is 1.01. The molecule has 94 valence electrons. The van der Waals surface area contributed by atoms with Gasteiger partial charge in [-0.1, -0.05) is 6.92 Å². The van der Waals surface area contributed by atoms with E-state index in [2.05, 4.69) is 29.1 Å². The Hall–Kier alpha value is -0.120. The summed E-state index contributed by atoms with van der Waals surface area (Å²) in [6, 6.07) is 0. The Morgan fingerprint density at radius 2 is 2.06 bits per heavy atom. The van der Waals surface area contributed by atoms with Gasteiger partial charge in [0.2, 0.25) is 0 Å². The van der Waals surface area contributed by atoms with Crippen molar-refractivity contribution in [3.63, 3.8) is 0 Å². The van der Waals surface area contributed by atoms with Crippen molar-refractivity contribution >= 4 is 0 Å². The Balaban J connectivity index is 1.87. The number of hydrogen-bond donors (Lipinski definition) is 1. The molecule has 16 heavy (non-hydrogen) atoms. The summed E-state index contributed by atoms with van der Waals surface area (Å²) in [6.07, 6.45) is 4.03. The maximum Gasteiger partial charge on any atom is 0.0109 e. The molecule has 2 fully saturated rings. The summed E-state index contributed by atoms with van der Waals surface area (Å²) in [5, 5.41) is 3.54. The monoisotopic (exact) mass is 225 g/mol. The number of hydrogen-bond acceptors (Lipinski definition) is 3. The van der Waals surface area contributed by atoms with E-state index in [-0.39, 0.29) is 0 Å². The van der Waals surface area contributed by atoms with Crippen LogP contribution in [0.5, 0.6) is 0 Å². The Labute approximate surface area is 100 Å². The summed E-state index contributed by atoms with van der Waals surface area (Å²) in [5.41, 5.74) is 0.572. The van der Waals surface area contributed by atoms with E-state index in [1.165, 1.54) is 65.1 Å². The minimum absolute atomic E-state index is 0.572. The predicted molar refractivity (Wildman–Crippen MR) is 68.8 cm³/mol. The van der Waals surface area contributed by atoms with E-state index in [9.17, 15) is 0 Å². The summed E-state index contributed by atoms with van der Waals surface area (Å²) >= 11 is 0. The normalized spacial score (nSPS) is 34.1. The van der Waals surface area contributed by atoms with Gasteiger partial charge in [-0.05, 0) is 51.4 Å². The Kier molecular flexibility index (Phi) is 4.22. The summed E-state index contributed by atoms with van der Waals surface area (Å²) in [6.45, 7) is 11.2. The molecular formula is C13H27N3. The molecule has 0 amide bonds. The second-order valence-electron chi connectivity index (χ2n) is 5.71.